The number of rotatable bonds is 10. The molecule has 1 N–H and O–H groups in total. The van der Waals surface area contributed by atoms with E-state index >= 15 is 0 Å². The summed E-state index contributed by atoms with van der Waals surface area (Å²) in [7, 11) is 0. The molecule has 2 heterocycles. The van der Waals surface area contributed by atoms with Crippen molar-refractivity contribution in [3.05, 3.63) is 71.8 Å². The fraction of sp³-hybridized carbons (Fsp3) is 0.516. The van der Waals surface area contributed by atoms with Crippen LogP contribution in [0.3, 0.4) is 0 Å². The van der Waals surface area contributed by atoms with Gasteiger partial charge in [-0.15, -0.1) is 23.2 Å². The second-order valence-corrected chi connectivity index (χ2v) is 11.5. The third-order valence-corrected chi connectivity index (χ3v) is 8.09. The molecule has 4 fully saturated rings. The van der Waals surface area contributed by atoms with Crippen molar-refractivity contribution in [3.63, 3.8) is 0 Å². The van der Waals surface area contributed by atoms with E-state index < -0.39 is 0 Å². The molecule has 0 unspecified atom stereocenters. The zero-order chi connectivity index (χ0) is 32.6. The molecule has 0 bridgehead atoms. The van der Waals surface area contributed by atoms with E-state index in [1.165, 1.54) is 0 Å². The molecule has 4 aliphatic rings. The number of fused-ring (bicyclic) bond motifs is 2. The van der Waals surface area contributed by atoms with Crippen molar-refractivity contribution < 1.29 is 82.7 Å². The summed E-state index contributed by atoms with van der Waals surface area (Å²) in [5.41, 5.74) is 2.03. The number of halogens is 3. The van der Waals surface area contributed by atoms with Gasteiger partial charge in [-0.05, 0) is 11.1 Å². The third-order valence-electron chi connectivity index (χ3n) is 8.09. The Bertz CT molecular complexity index is 1170. The summed E-state index contributed by atoms with van der Waals surface area (Å²) < 4.78 is 18.1. The van der Waals surface area contributed by atoms with Gasteiger partial charge in [0.1, 0.15) is 43.9 Å². The van der Waals surface area contributed by atoms with E-state index in [0.29, 0.717) is 38.9 Å². The zero-order valence-electron chi connectivity index (χ0n) is 25.3. The van der Waals surface area contributed by atoms with Gasteiger partial charge in [-0.3, -0.25) is 9.59 Å². The molecule has 6 rings (SSSR count). The van der Waals surface area contributed by atoms with Crippen LogP contribution in [-0.4, -0.2) is 59.7 Å². The summed E-state index contributed by atoms with van der Waals surface area (Å²) in [6, 6.07) is 19.4. The Morgan fingerprint density at radius 3 is 1.70 bits per heavy atom. The molecular formula is C31H36Cl3NaO11. The molecule has 0 spiro atoms. The Kier molecular flexibility index (Phi) is 19.8. The number of carbonyl (C=O) groups excluding carboxylic acids is 3. The Labute approximate surface area is 305 Å². The summed E-state index contributed by atoms with van der Waals surface area (Å²) >= 11 is 12.9. The summed E-state index contributed by atoms with van der Waals surface area (Å²) in [5, 5.41) is 9.68. The van der Waals surface area contributed by atoms with Crippen molar-refractivity contribution in [2.24, 2.45) is 23.7 Å². The van der Waals surface area contributed by atoms with Crippen molar-refractivity contribution in [1.29, 1.82) is 0 Å². The van der Waals surface area contributed by atoms with Crippen LogP contribution in [0.4, 0.5) is 0 Å². The average molecular weight is 714 g/mol. The first-order valence-electron chi connectivity index (χ1n) is 14.3. The second-order valence-electron chi connectivity index (χ2n) is 10.7. The normalized spacial score (nSPS) is 28.4. The van der Waals surface area contributed by atoms with Crippen LogP contribution in [0.5, 0.6) is 0 Å². The molecule has 8 atom stereocenters. The van der Waals surface area contributed by atoms with Gasteiger partial charge in [-0.25, -0.2) is 31.4 Å². The quantitative estimate of drug-likeness (QED) is 0.0940. The largest absolute Gasteiger partial charge is 1.00 e. The minimum atomic E-state index is -0.334. The number of aliphatic hydroxyl groups excluding tert-OH is 1. The maximum Gasteiger partial charge on any atom is 1.00 e. The fourth-order valence-corrected chi connectivity index (χ4v) is 6.04. The van der Waals surface area contributed by atoms with Gasteiger partial charge in [0.15, 0.2) is 0 Å². The van der Waals surface area contributed by atoms with Crippen molar-refractivity contribution in [2.45, 2.75) is 63.3 Å². The van der Waals surface area contributed by atoms with Crippen LogP contribution in [0.15, 0.2) is 60.7 Å². The molecule has 46 heavy (non-hydrogen) atoms. The first kappa shape index (κ1) is 40.9. The Balaban J connectivity index is 0.000000276. The number of benzene rings is 2. The maximum atomic E-state index is 11.2. The molecule has 0 radical (unpaired) electrons. The number of aldehydes is 1. The van der Waals surface area contributed by atoms with E-state index in [9.17, 15) is 19.5 Å². The van der Waals surface area contributed by atoms with Gasteiger partial charge in [0.25, 0.3) is 0 Å². The molecule has 2 aliphatic carbocycles. The molecule has 2 saturated heterocycles. The average Bonchev–Trinajstić information content (AvgIpc) is 3.78. The first-order chi connectivity index (χ1) is 22.0. The summed E-state index contributed by atoms with van der Waals surface area (Å²) in [6.07, 6.45) is 1.74. The standard InChI is InChI=1S/C15H18O5.C15H16O5.CH2Cl2.ClO.Na/c2*16-8-12-11-6-15(17)19-13(11)7-14(12)20-18-9-10-4-2-1-3-5-10;2-1-3;1-2;/h1-5,11-14,16H,6-9H2;1-5,8,11-14H,6-7,9H2;1H2;;/q;;;-1;+1/t2*11-,12-,13+,14-;;;/m11.../s1. The molecule has 0 aromatic heterocycles. The van der Waals surface area contributed by atoms with Gasteiger partial charge >= 0.3 is 41.5 Å². The van der Waals surface area contributed by atoms with Gasteiger partial charge in [0, 0.05) is 37.2 Å². The van der Waals surface area contributed by atoms with E-state index in [4.69, 9.17) is 56.9 Å². The van der Waals surface area contributed by atoms with E-state index in [2.05, 4.69) is 11.9 Å². The van der Waals surface area contributed by atoms with Gasteiger partial charge in [-0.2, -0.15) is 0 Å². The summed E-state index contributed by atoms with van der Waals surface area (Å²) in [6.45, 7) is 0.680. The molecule has 0 amide bonds. The number of ether oxygens (including phenoxy) is 2. The second kappa shape index (κ2) is 22.3. The third kappa shape index (κ3) is 12.0. The van der Waals surface area contributed by atoms with Crippen molar-refractivity contribution >= 4 is 53.3 Å². The molecule has 15 heteroatoms. The van der Waals surface area contributed by atoms with Gasteiger partial charge in [0.2, 0.25) is 0 Å². The molecule has 2 saturated carbocycles. The first-order valence-corrected chi connectivity index (χ1v) is 15.7. The SMILES string of the molecule is ClCCl.O=C1C[C@@H]2[C@@H](CO)[C@H](OOCc3ccccc3)C[C@@H]2O1.O=C[C@@H]1[C@H]2CC(=O)O[C@H]2C[C@H]1OOCc1ccccc1.[Na+].[O-]Cl. The monoisotopic (exact) mass is 712 g/mol. The minimum absolute atomic E-state index is 0. The van der Waals surface area contributed by atoms with Gasteiger partial charge in [-0.1, -0.05) is 60.7 Å². The number of hydrogen-bond acceptors (Lipinski definition) is 11. The Hall–Kier alpha value is -1.32. The van der Waals surface area contributed by atoms with Crippen LogP contribution >= 0.6 is 35.1 Å². The predicted octanol–water partition coefficient (Wildman–Crippen LogP) is 1.03. The molecule has 2 aromatic rings. The predicted molar refractivity (Wildman–Crippen MR) is 160 cm³/mol. The Morgan fingerprint density at radius 2 is 1.22 bits per heavy atom. The maximum absolute atomic E-state index is 11.2. The number of hydrogen-bond donors (Lipinski definition) is 1. The van der Waals surface area contributed by atoms with E-state index in [1.807, 2.05) is 60.7 Å². The van der Waals surface area contributed by atoms with Crippen LogP contribution in [0.1, 0.15) is 36.8 Å². The van der Waals surface area contributed by atoms with Crippen LogP contribution in [0.2, 0.25) is 0 Å². The molecule has 248 valence electrons. The Morgan fingerprint density at radius 1 is 0.783 bits per heavy atom. The number of aliphatic hydroxyl groups is 1. The van der Waals surface area contributed by atoms with Crippen LogP contribution in [0, 0.1) is 23.7 Å². The topological polar surface area (TPSA) is 150 Å². The van der Waals surface area contributed by atoms with E-state index in [0.717, 1.165) is 17.4 Å². The number of carbonyl (C=O) groups is 3. The van der Waals surface area contributed by atoms with Crippen molar-refractivity contribution in [2.75, 3.05) is 11.9 Å². The molecule has 11 nitrogen and oxygen atoms in total. The van der Waals surface area contributed by atoms with Crippen LogP contribution in [-0.2, 0) is 56.6 Å². The van der Waals surface area contributed by atoms with E-state index in [-0.39, 0.29) is 102 Å². The summed E-state index contributed by atoms with van der Waals surface area (Å²) in [5.74, 6) is -0.842. The smallest absolute Gasteiger partial charge is 0.769 e. The van der Waals surface area contributed by atoms with E-state index in [1.54, 1.807) is 0 Å². The van der Waals surface area contributed by atoms with Crippen molar-refractivity contribution in [3.8, 4) is 0 Å². The zero-order valence-corrected chi connectivity index (χ0v) is 29.6. The van der Waals surface area contributed by atoms with Crippen LogP contribution in [0.25, 0.3) is 0 Å². The molecular weight excluding hydrogens is 678 g/mol. The molecule has 2 aliphatic heterocycles. The van der Waals surface area contributed by atoms with Crippen molar-refractivity contribution in [1.82, 2.24) is 0 Å². The molecule has 2 aromatic carbocycles. The van der Waals surface area contributed by atoms with Gasteiger partial charge in [0.05, 0.1) is 24.1 Å². The number of esters is 2. The van der Waals surface area contributed by atoms with Crippen LogP contribution < -0.4 is 34.2 Å². The number of alkyl halides is 2. The van der Waals surface area contributed by atoms with Gasteiger partial charge < -0.3 is 24.0 Å². The summed E-state index contributed by atoms with van der Waals surface area (Å²) in [4.78, 5) is 55.0. The minimum Gasteiger partial charge on any atom is -0.769 e. The fourth-order valence-electron chi connectivity index (χ4n) is 6.04.